The van der Waals surface area contributed by atoms with Gasteiger partial charge in [-0.05, 0) is 24.3 Å². The van der Waals surface area contributed by atoms with Crippen LogP contribution in [0.25, 0.3) is 0 Å². The van der Waals surface area contributed by atoms with Crippen LogP contribution >= 0.6 is 11.6 Å². The Morgan fingerprint density at radius 2 is 2.14 bits per heavy atom. The van der Waals surface area contributed by atoms with Crippen LogP contribution in [-0.2, 0) is 11.3 Å². The second kappa shape index (κ2) is 7.71. The molecule has 0 aliphatic heterocycles. The zero-order valence-electron chi connectivity index (χ0n) is 11.7. The van der Waals surface area contributed by atoms with E-state index in [0.717, 1.165) is 5.69 Å². The van der Waals surface area contributed by atoms with Gasteiger partial charge in [0.25, 0.3) is 5.91 Å². The smallest absolute Gasteiger partial charge is 0.272 e. The Morgan fingerprint density at radius 1 is 1.29 bits per heavy atom. The van der Waals surface area contributed by atoms with Crippen molar-refractivity contribution in [3.63, 3.8) is 0 Å². The molecule has 2 heterocycles. The van der Waals surface area contributed by atoms with E-state index in [1.165, 1.54) is 6.20 Å². The Hall–Kier alpha value is -1.98. The molecule has 5 nitrogen and oxygen atoms in total. The fraction of sp³-hybridized carbons (Fsp3) is 0.267. The molecule has 0 aliphatic rings. The summed E-state index contributed by atoms with van der Waals surface area (Å²) in [5, 5.41) is 0.484. The number of carbonyl (C=O) groups excluding carboxylic acids is 1. The summed E-state index contributed by atoms with van der Waals surface area (Å²) < 4.78 is 5.06. The monoisotopic (exact) mass is 305 g/mol. The van der Waals surface area contributed by atoms with Crippen LogP contribution in [-0.4, -0.2) is 41.0 Å². The molecule has 0 saturated carbocycles. The molecule has 2 aromatic heterocycles. The molecule has 2 aromatic rings. The van der Waals surface area contributed by atoms with E-state index in [1.807, 2.05) is 18.2 Å². The summed E-state index contributed by atoms with van der Waals surface area (Å²) in [5.74, 6) is -0.194. The van der Waals surface area contributed by atoms with Crippen LogP contribution in [0.3, 0.4) is 0 Å². The van der Waals surface area contributed by atoms with Crippen molar-refractivity contribution < 1.29 is 9.53 Å². The third-order valence-electron chi connectivity index (χ3n) is 2.87. The Bertz CT molecular complexity index is 592. The third kappa shape index (κ3) is 4.51. The van der Waals surface area contributed by atoms with Crippen molar-refractivity contribution in [1.82, 2.24) is 14.9 Å². The second-order valence-electron chi connectivity index (χ2n) is 4.40. The lowest BCUT2D eigenvalue weighted by Crippen LogP contribution is -2.34. The zero-order chi connectivity index (χ0) is 15.1. The largest absolute Gasteiger partial charge is 0.383 e. The minimum atomic E-state index is -0.194. The fourth-order valence-corrected chi connectivity index (χ4v) is 1.98. The minimum Gasteiger partial charge on any atom is -0.383 e. The predicted molar refractivity (Wildman–Crippen MR) is 80.1 cm³/mol. The molecule has 1 amide bonds. The highest BCUT2D eigenvalue weighted by Gasteiger charge is 2.18. The van der Waals surface area contributed by atoms with Gasteiger partial charge in [0.2, 0.25) is 0 Å². The van der Waals surface area contributed by atoms with Crippen LogP contribution < -0.4 is 0 Å². The number of hydrogen-bond acceptors (Lipinski definition) is 4. The maximum absolute atomic E-state index is 12.5. The van der Waals surface area contributed by atoms with E-state index in [0.29, 0.717) is 30.4 Å². The number of halogens is 1. The van der Waals surface area contributed by atoms with E-state index in [2.05, 4.69) is 9.97 Å². The Kier molecular flexibility index (Phi) is 5.66. The third-order valence-corrected chi connectivity index (χ3v) is 3.11. The molecule has 110 valence electrons. The van der Waals surface area contributed by atoms with Crippen molar-refractivity contribution in [3.05, 3.63) is 59.1 Å². The lowest BCUT2D eigenvalue weighted by Gasteiger charge is -2.21. The first-order valence-electron chi connectivity index (χ1n) is 6.50. The SMILES string of the molecule is COCCN(Cc1ccccn1)C(=O)c1cc(Cl)ccn1. The van der Waals surface area contributed by atoms with Gasteiger partial charge in [-0.15, -0.1) is 0 Å². The average molecular weight is 306 g/mol. The van der Waals surface area contributed by atoms with Gasteiger partial charge in [0, 0.05) is 31.1 Å². The molecule has 0 bridgehead atoms. The van der Waals surface area contributed by atoms with Gasteiger partial charge in [-0.25, -0.2) is 0 Å². The molecule has 0 saturated heterocycles. The highest BCUT2D eigenvalue weighted by Crippen LogP contribution is 2.12. The van der Waals surface area contributed by atoms with Crippen LogP contribution in [0.1, 0.15) is 16.2 Å². The summed E-state index contributed by atoms with van der Waals surface area (Å²) in [6.07, 6.45) is 3.22. The first-order valence-corrected chi connectivity index (χ1v) is 6.88. The van der Waals surface area contributed by atoms with Crippen molar-refractivity contribution >= 4 is 17.5 Å². The number of methoxy groups -OCH3 is 1. The summed E-state index contributed by atoms with van der Waals surface area (Å²) in [6, 6.07) is 8.79. The molecular formula is C15H16ClN3O2. The van der Waals surface area contributed by atoms with Crippen molar-refractivity contribution in [2.75, 3.05) is 20.3 Å². The summed E-state index contributed by atoms with van der Waals surface area (Å²) in [4.78, 5) is 22.5. The fourth-order valence-electron chi connectivity index (χ4n) is 1.82. The van der Waals surface area contributed by atoms with Crippen molar-refractivity contribution in [2.24, 2.45) is 0 Å². The van der Waals surface area contributed by atoms with Crippen LogP contribution in [0.15, 0.2) is 42.7 Å². The lowest BCUT2D eigenvalue weighted by molar-refractivity contribution is 0.0672. The van der Waals surface area contributed by atoms with Gasteiger partial charge in [-0.2, -0.15) is 0 Å². The van der Waals surface area contributed by atoms with Crippen molar-refractivity contribution in [3.8, 4) is 0 Å². The number of carbonyl (C=O) groups is 1. The molecule has 21 heavy (non-hydrogen) atoms. The number of pyridine rings is 2. The second-order valence-corrected chi connectivity index (χ2v) is 4.84. The zero-order valence-corrected chi connectivity index (χ0v) is 12.5. The Balaban J connectivity index is 2.17. The molecule has 0 N–H and O–H groups in total. The normalized spacial score (nSPS) is 10.4. The summed E-state index contributed by atoms with van der Waals surface area (Å²) in [5.41, 5.74) is 1.12. The van der Waals surface area contributed by atoms with E-state index >= 15 is 0 Å². The van der Waals surface area contributed by atoms with Crippen molar-refractivity contribution in [1.29, 1.82) is 0 Å². The standard InChI is InChI=1S/C15H16ClN3O2/c1-21-9-8-19(11-13-4-2-3-6-17-13)15(20)14-10-12(16)5-7-18-14/h2-7,10H,8-9,11H2,1H3. The molecule has 0 aliphatic carbocycles. The number of rotatable bonds is 6. The van der Waals surface area contributed by atoms with E-state index in [-0.39, 0.29) is 5.91 Å². The van der Waals surface area contributed by atoms with Crippen molar-refractivity contribution in [2.45, 2.75) is 6.54 Å². The van der Waals surface area contributed by atoms with Gasteiger partial charge in [0.15, 0.2) is 0 Å². The highest BCUT2D eigenvalue weighted by atomic mass is 35.5. The molecule has 6 heteroatoms. The highest BCUT2D eigenvalue weighted by molar-refractivity contribution is 6.30. The molecule has 0 radical (unpaired) electrons. The van der Waals surface area contributed by atoms with E-state index < -0.39 is 0 Å². The molecule has 0 aromatic carbocycles. The van der Waals surface area contributed by atoms with Gasteiger partial charge >= 0.3 is 0 Å². The number of amides is 1. The van der Waals surface area contributed by atoms with Gasteiger partial charge in [-0.1, -0.05) is 17.7 Å². The predicted octanol–water partition coefficient (Wildman–Crippen LogP) is 2.42. The number of ether oxygens (including phenoxy) is 1. The van der Waals surface area contributed by atoms with Gasteiger partial charge in [0.1, 0.15) is 5.69 Å². The summed E-state index contributed by atoms with van der Waals surface area (Å²) in [7, 11) is 1.60. The van der Waals surface area contributed by atoms with Crippen LogP contribution in [0, 0.1) is 0 Å². The quantitative estimate of drug-likeness (QED) is 0.822. The van der Waals surface area contributed by atoms with Gasteiger partial charge in [-0.3, -0.25) is 14.8 Å². The summed E-state index contributed by atoms with van der Waals surface area (Å²) in [6.45, 7) is 1.30. The molecular weight excluding hydrogens is 290 g/mol. The molecule has 0 spiro atoms. The lowest BCUT2D eigenvalue weighted by atomic mass is 10.2. The number of hydrogen-bond donors (Lipinski definition) is 0. The van der Waals surface area contributed by atoms with E-state index in [9.17, 15) is 4.79 Å². The molecule has 0 unspecified atom stereocenters. The van der Waals surface area contributed by atoms with Crippen LogP contribution in [0.4, 0.5) is 0 Å². The summed E-state index contributed by atoms with van der Waals surface area (Å²) >= 11 is 5.91. The average Bonchev–Trinajstić information content (AvgIpc) is 2.51. The van der Waals surface area contributed by atoms with Gasteiger partial charge < -0.3 is 9.64 Å². The van der Waals surface area contributed by atoms with E-state index in [4.69, 9.17) is 16.3 Å². The first kappa shape index (κ1) is 15.4. The van der Waals surface area contributed by atoms with Crippen LogP contribution in [0.5, 0.6) is 0 Å². The first-order chi connectivity index (χ1) is 10.2. The maximum Gasteiger partial charge on any atom is 0.272 e. The number of aromatic nitrogens is 2. The van der Waals surface area contributed by atoms with E-state index in [1.54, 1.807) is 30.3 Å². The Labute approximate surface area is 128 Å². The Morgan fingerprint density at radius 3 is 2.81 bits per heavy atom. The van der Waals surface area contributed by atoms with Crippen LogP contribution in [0.2, 0.25) is 5.02 Å². The molecule has 2 rings (SSSR count). The topological polar surface area (TPSA) is 55.3 Å². The maximum atomic E-state index is 12.5. The van der Waals surface area contributed by atoms with Gasteiger partial charge in [0.05, 0.1) is 18.8 Å². The molecule has 0 fully saturated rings. The minimum absolute atomic E-state index is 0.194. The number of nitrogens with zero attached hydrogens (tertiary/aromatic N) is 3. The molecule has 0 atom stereocenters.